The number of hydrogen-bond acceptors (Lipinski definition) is 3. The summed E-state index contributed by atoms with van der Waals surface area (Å²) in [5.74, 6) is -0.225. The molecule has 0 heterocycles. The molecule has 0 N–H and O–H groups in total. The van der Waals surface area contributed by atoms with Crippen molar-refractivity contribution in [2.75, 3.05) is 6.54 Å². The number of nitrogens with zero attached hydrogens (tertiary/aromatic N) is 1. The lowest BCUT2D eigenvalue weighted by Crippen LogP contribution is -2.27. The van der Waals surface area contributed by atoms with E-state index < -0.39 is 0 Å². The molecule has 0 aromatic heterocycles. The summed E-state index contributed by atoms with van der Waals surface area (Å²) in [5, 5.41) is 0. The SMILES string of the molecule is CC(=O)OC(C)(C)C.CCCCCN(Cc1ccccc1)[C@@H](C)c1ccccc1. The van der Waals surface area contributed by atoms with Crippen LogP contribution in [0.1, 0.15) is 78.0 Å². The number of benzene rings is 2. The topological polar surface area (TPSA) is 29.5 Å². The number of hydrogen-bond donors (Lipinski definition) is 0. The van der Waals surface area contributed by atoms with E-state index in [1.807, 2.05) is 20.8 Å². The Balaban J connectivity index is 0.000000447. The average Bonchev–Trinajstić information content (AvgIpc) is 2.67. The highest BCUT2D eigenvalue weighted by atomic mass is 16.6. The molecular formula is C26H39NO2. The minimum atomic E-state index is -0.328. The average molecular weight is 398 g/mol. The van der Waals surface area contributed by atoms with E-state index in [-0.39, 0.29) is 11.6 Å². The lowest BCUT2D eigenvalue weighted by atomic mass is 10.1. The van der Waals surface area contributed by atoms with Crippen LogP contribution in [0.4, 0.5) is 0 Å². The van der Waals surface area contributed by atoms with E-state index in [1.54, 1.807) is 0 Å². The molecule has 3 nitrogen and oxygen atoms in total. The van der Waals surface area contributed by atoms with Gasteiger partial charge in [-0.15, -0.1) is 0 Å². The second kappa shape index (κ2) is 13.2. The van der Waals surface area contributed by atoms with E-state index in [2.05, 4.69) is 79.4 Å². The molecule has 0 spiro atoms. The number of esters is 1. The van der Waals surface area contributed by atoms with Gasteiger partial charge in [0, 0.05) is 19.5 Å². The predicted molar refractivity (Wildman–Crippen MR) is 123 cm³/mol. The fourth-order valence-electron chi connectivity index (χ4n) is 3.17. The summed E-state index contributed by atoms with van der Waals surface area (Å²) >= 11 is 0. The number of carbonyl (C=O) groups excluding carboxylic acids is 1. The van der Waals surface area contributed by atoms with Crippen molar-refractivity contribution in [2.45, 2.75) is 79.0 Å². The zero-order valence-corrected chi connectivity index (χ0v) is 19.2. The maximum absolute atomic E-state index is 10.2. The maximum atomic E-state index is 10.2. The molecule has 0 bridgehead atoms. The Morgan fingerprint density at radius 1 is 0.966 bits per heavy atom. The normalized spacial score (nSPS) is 12.1. The minimum absolute atomic E-state index is 0.225. The first-order chi connectivity index (χ1) is 13.7. The van der Waals surface area contributed by atoms with Gasteiger partial charge in [0.25, 0.3) is 0 Å². The molecule has 0 unspecified atom stereocenters. The molecule has 0 radical (unpaired) electrons. The van der Waals surface area contributed by atoms with Crippen LogP contribution in [0.25, 0.3) is 0 Å². The first-order valence-corrected chi connectivity index (χ1v) is 10.8. The number of rotatable bonds is 8. The first kappa shape index (κ1) is 24.9. The molecule has 0 saturated carbocycles. The van der Waals surface area contributed by atoms with Crippen molar-refractivity contribution in [2.24, 2.45) is 0 Å². The van der Waals surface area contributed by atoms with Gasteiger partial charge in [0.15, 0.2) is 0 Å². The summed E-state index contributed by atoms with van der Waals surface area (Å²) < 4.78 is 4.80. The van der Waals surface area contributed by atoms with Crippen molar-refractivity contribution in [3.63, 3.8) is 0 Å². The van der Waals surface area contributed by atoms with E-state index in [4.69, 9.17) is 4.74 Å². The third-order valence-electron chi connectivity index (χ3n) is 4.56. The van der Waals surface area contributed by atoms with Gasteiger partial charge in [-0.05, 0) is 51.8 Å². The van der Waals surface area contributed by atoms with Gasteiger partial charge in [-0.2, -0.15) is 0 Å². The van der Waals surface area contributed by atoms with Gasteiger partial charge in [-0.1, -0.05) is 80.4 Å². The van der Waals surface area contributed by atoms with Gasteiger partial charge in [0.2, 0.25) is 0 Å². The molecular weight excluding hydrogens is 358 g/mol. The summed E-state index contributed by atoms with van der Waals surface area (Å²) in [6.07, 6.45) is 3.87. The molecule has 1 atom stereocenters. The van der Waals surface area contributed by atoms with E-state index in [0.29, 0.717) is 6.04 Å². The highest BCUT2D eigenvalue weighted by Gasteiger charge is 2.15. The monoisotopic (exact) mass is 397 g/mol. The van der Waals surface area contributed by atoms with Gasteiger partial charge in [0.05, 0.1) is 0 Å². The molecule has 0 saturated heterocycles. The number of unbranched alkanes of at least 4 members (excludes halogenated alkanes) is 2. The Morgan fingerprint density at radius 3 is 1.97 bits per heavy atom. The lowest BCUT2D eigenvalue weighted by molar-refractivity contribution is -0.151. The van der Waals surface area contributed by atoms with Crippen LogP contribution in [0.3, 0.4) is 0 Å². The second-order valence-corrected chi connectivity index (χ2v) is 8.46. The van der Waals surface area contributed by atoms with Crippen LogP contribution < -0.4 is 0 Å². The zero-order chi connectivity index (χ0) is 21.7. The van der Waals surface area contributed by atoms with Gasteiger partial charge in [0.1, 0.15) is 5.60 Å². The minimum Gasteiger partial charge on any atom is -0.460 e. The number of ether oxygens (including phenoxy) is 1. The fourth-order valence-corrected chi connectivity index (χ4v) is 3.17. The Kier molecular flexibility index (Phi) is 11.3. The van der Waals surface area contributed by atoms with Crippen molar-refractivity contribution < 1.29 is 9.53 Å². The summed E-state index contributed by atoms with van der Waals surface area (Å²) in [5.41, 5.74) is 2.48. The van der Waals surface area contributed by atoms with Gasteiger partial charge >= 0.3 is 5.97 Å². The summed E-state index contributed by atoms with van der Waals surface area (Å²) in [6, 6.07) is 22.1. The van der Waals surface area contributed by atoms with Crippen LogP contribution in [-0.4, -0.2) is 23.0 Å². The quantitative estimate of drug-likeness (QED) is 0.363. The fraction of sp³-hybridized carbons (Fsp3) is 0.500. The molecule has 2 aromatic carbocycles. The molecule has 29 heavy (non-hydrogen) atoms. The van der Waals surface area contributed by atoms with Crippen molar-refractivity contribution in [3.05, 3.63) is 71.8 Å². The van der Waals surface area contributed by atoms with Crippen LogP contribution in [0.2, 0.25) is 0 Å². The van der Waals surface area contributed by atoms with Gasteiger partial charge in [-0.25, -0.2) is 0 Å². The molecule has 0 aliphatic carbocycles. The second-order valence-electron chi connectivity index (χ2n) is 8.46. The Bertz CT molecular complexity index is 677. The summed E-state index contributed by atoms with van der Waals surface area (Å²) in [7, 11) is 0. The van der Waals surface area contributed by atoms with Crippen molar-refractivity contribution >= 4 is 5.97 Å². The van der Waals surface area contributed by atoms with E-state index in [1.165, 1.54) is 43.9 Å². The first-order valence-electron chi connectivity index (χ1n) is 10.8. The number of carbonyl (C=O) groups is 1. The third-order valence-corrected chi connectivity index (χ3v) is 4.56. The molecule has 3 heteroatoms. The van der Waals surface area contributed by atoms with E-state index in [9.17, 15) is 4.79 Å². The van der Waals surface area contributed by atoms with Crippen molar-refractivity contribution in [3.8, 4) is 0 Å². The third kappa shape index (κ3) is 11.5. The molecule has 0 aliphatic heterocycles. The zero-order valence-electron chi connectivity index (χ0n) is 19.2. The maximum Gasteiger partial charge on any atom is 0.303 e. The highest BCUT2D eigenvalue weighted by molar-refractivity contribution is 5.66. The van der Waals surface area contributed by atoms with Crippen LogP contribution in [-0.2, 0) is 16.1 Å². The standard InChI is InChI=1S/C20H27N.C6H12O2/c1-3-4-11-16-21(17-19-12-7-5-8-13-19)18(2)20-14-9-6-10-15-20;1-5(7)8-6(2,3)4/h5-10,12-15,18H,3-4,11,16-17H2,1-2H3;1-4H3/t18-;/m0./s1. The van der Waals surface area contributed by atoms with Crippen molar-refractivity contribution in [1.82, 2.24) is 4.90 Å². The van der Waals surface area contributed by atoms with E-state index >= 15 is 0 Å². The highest BCUT2D eigenvalue weighted by Crippen LogP contribution is 2.22. The van der Waals surface area contributed by atoms with Crippen LogP contribution in [0, 0.1) is 0 Å². The Labute approximate surface area is 178 Å². The Hall–Kier alpha value is -2.13. The molecule has 0 aliphatic rings. The smallest absolute Gasteiger partial charge is 0.303 e. The van der Waals surface area contributed by atoms with Gasteiger partial charge < -0.3 is 4.74 Å². The largest absolute Gasteiger partial charge is 0.460 e. The molecule has 2 aromatic rings. The van der Waals surface area contributed by atoms with Crippen LogP contribution in [0.5, 0.6) is 0 Å². The summed E-state index contributed by atoms with van der Waals surface area (Å²) in [4.78, 5) is 12.8. The van der Waals surface area contributed by atoms with Crippen LogP contribution >= 0.6 is 0 Å². The van der Waals surface area contributed by atoms with Gasteiger partial charge in [-0.3, -0.25) is 9.69 Å². The lowest BCUT2D eigenvalue weighted by Gasteiger charge is -2.29. The van der Waals surface area contributed by atoms with Crippen LogP contribution in [0.15, 0.2) is 60.7 Å². The Morgan fingerprint density at radius 2 is 1.52 bits per heavy atom. The summed E-state index contributed by atoms with van der Waals surface area (Å²) in [6.45, 7) is 13.7. The molecule has 0 amide bonds. The van der Waals surface area contributed by atoms with E-state index in [0.717, 1.165) is 6.54 Å². The predicted octanol–water partition coefficient (Wildman–Crippen LogP) is 6.79. The molecule has 2 rings (SSSR count). The molecule has 0 fully saturated rings. The molecule has 160 valence electrons. The van der Waals surface area contributed by atoms with Crippen molar-refractivity contribution in [1.29, 1.82) is 0 Å².